The lowest BCUT2D eigenvalue weighted by molar-refractivity contribution is -0.126. The van der Waals surface area contributed by atoms with Gasteiger partial charge in [-0.05, 0) is 61.7 Å². The number of fused-ring (bicyclic) bond motifs is 1. The van der Waals surface area contributed by atoms with Crippen LogP contribution in [0.15, 0.2) is 48.7 Å². The van der Waals surface area contributed by atoms with Gasteiger partial charge in [0.15, 0.2) is 0 Å². The molecule has 1 amide bonds. The van der Waals surface area contributed by atoms with Crippen molar-refractivity contribution < 1.29 is 14.3 Å². The van der Waals surface area contributed by atoms with Crippen molar-refractivity contribution >= 4 is 16.8 Å². The Balaban J connectivity index is 1.23. The van der Waals surface area contributed by atoms with Gasteiger partial charge in [-0.25, -0.2) is 0 Å². The van der Waals surface area contributed by atoms with Crippen molar-refractivity contribution in [2.75, 3.05) is 33.9 Å². The molecule has 2 heterocycles. The molecule has 0 bridgehead atoms. The van der Waals surface area contributed by atoms with E-state index in [-0.39, 0.29) is 11.8 Å². The highest BCUT2D eigenvalue weighted by Crippen LogP contribution is 2.25. The average molecular weight is 422 g/mol. The zero-order chi connectivity index (χ0) is 21.6. The summed E-state index contributed by atoms with van der Waals surface area (Å²) in [6.07, 6.45) is 4.66. The van der Waals surface area contributed by atoms with Gasteiger partial charge in [0.2, 0.25) is 5.91 Å². The molecule has 2 aromatic carbocycles. The molecular formula is C25H31N3O3. The fourth-order valence-electron chi connectivity index (χ4n) is 4.37. The smallest absolute Gasteiger partial charge is 0.223 e. The maximum atomic E-state index is 12.7. The topological polar surface area (TPSA) is 66.6 Å². The molecule has 0 atom stereocenters. The third-order valence-corrected chi connectivity index (χ3v) is 6.14. The van der Waals surface area contributed by atoms with E-state index < -0.39 is 0 Å². The highest BCUT2D eigenvalue weighted by Gasteiger charge is 2.25. The number of carbonyl (C=O) groups is 1. The SMILES string of the molecule is COc1cc(CN2CCC(C(=O)NCCc3c[nH]c4ccccc34)CC2)cc(OC)c1. The Bertz CT molecular complexity index is 1000. The number of nitrogens with one attached hydrogen (secondary N) is 2. The average Bonchev–Trinajstić information content (AvgIpc) is 3.22. The van der Waals surface area contributed by atoms with E-state index in [1.165, 1.54) is 10.9 Å². The predicted octanol–water partition coefficient (Wildman–Crippen LogP) is 3.76. The maximum Gasteiger partial charge on any atom is 0.223 e. The highest BCUT2D eigenvalue weighted by atomic mass is 16.5. The molecule has 2 N–H and O–H groups in total. The number of rotatable bonds is 8. The first-order valence-electron chi connectivity index (χ1n) is 10.9. The van der Waals surface area contributed by atoms with E-state index in [4.69, 9.17) is 9.47 Å². The summed E-state index contributed by atoms with van der Waals surface area (Å²) in [5, 5.41) is 4.38. The maximum absolute atomic E-state index is 12.7. The van der Waals surface area contributed by atoms with Crippen molar-refractivity contribution in [1.82, 2.24) is 15.2 Å². The van der Waals surface area contributed by atoms with Gasteiger partial charge in [0.05, 0.1) is 14.2 Å². The van der Waals surface area contributed by atoms with Crippen LogP contribution in [0, 0.1) is 5.92 Å². The molecule has 0 spiro atoms. The van der Waals surface area contributed by atoms with E-state index in [9.17, 15) is 4.79 Å². The fourth-order valence-corrected chi connectivity index (χ4v) is 4.37. The molecule has 0 radical (unpaired) electrons. The number of piperidine rings is 1. The van der Waals surface area contributed by atoms with Crippen LogP contribution in [0.25, 0.3) is 10.9 Å². The van der Waals surface area contributed by atoms with Crippen LogP contribution >= 0.6 is 0 Å². The highest BCUT2D eigenvalue weighted by molar-refractivity contribution is 5.83. The summed E-state index contributed by atoms with van der Waals surface area (Å²) < 4.78 is 10.7. The number of methoxy groups -OCH3 is 2. The molecule has 1 aliphatic heterocycles. The van der Waals surface area contributed by atoms with Crippen molar-refractivity contribution in [3.8, 4) is 11.5 Å². The van der Waals surface area contributed by atoms with Crippen LogP contribution in [0.4, 0.5) is 0 Å². The number of carbonyl (C=O) groups excluding carboxylic acids is 1. The predicted molar refractivity (Wildman–Crippen MR) is 123 cm³/mol. The van der Waals surface area contributed by atoms with Gasteiger partial charge >= 0.3 is 0 Å². The van der Waals surface area contributed by atoms with Crippen LogP contribution in [0.3, 0.4) is 0 Å². The molecule has 3 aromatic rings. The normalized spacial score (nSPS) is 15.2. The molecule has 1 aromatic heterocycles. The van der Waals surface area contributed by atoms with Gasteiger partial charge < -0.3 is 19.8 Å². The Morgan fingerprint density at radius 1 is 1.10 bits per heavy atom. The number of aromatic amines is 1. The van der Waals surface area contributed by atoms with Crippen LogP contribution in [0.2, 0.25) is 0 Å². The number of amides is 1. The van der Waals surface area contributed by atoms with E-state index in [2.05, 4.69) is 27.3 Å². The molecule has 1 fully saturated rings. The molecule has 0 aliphatic carbocycles. The Morgan fingerprint density at radius 2 is 1.81 bits per heavy atom. The van der Waals surface area contributed by atoms with E-state index in [0.717, 1.165) is 61.5 Å². The van der Waals surface area contributed by atoms with Gasteiger partial charge in [-0.1, -0.05) is 18.2 Å². The minimum Gasteiger partial charge on any atom is -0.497 e. The standard InChI is InChI=1S/C25H31N3O3/c1-30-21-13-18(14-22(15-21)31-2)17-28-11-8-19(9-12-28)25(29)26-10-7-20-16-27-24-6-4-3-5-23(20)24/h3-6,13-16,19,27H,7-12,17H2,1-2H3,(H,26,29). The number of H-pyrrole nitrogens is 1. The molecular weight excluding hydrogens is 390 g/mol. The second-order valence-electron chi connectivity index (χ2n) is 8.17. The molecule has 0 saturated carbocycles. The fraction of sp³-hybridized carbons (Fsp3) is 0.400. The second kappa shape index (κ2) is 9.88. The lowest BCUT2D eigenvalue weighted by Crippen LogP contribution is -2.40. The molecule has 164 valence electrons. The third kappa shape index (κ3) is 5.20. The zero-order valence-corrected chi connectivity index (χ0v) is 18.3. The molecule has 6 heteroatoms. The summed E-state index contributed by atoms with van der Waals surface area (Å²) in [5.41, 5.74) is 3.56. The van der Waals surface area contributed by atoms with E-state index in [1.807, 2.05) is 36.5 Å². The van der Waals surface area contributed by atoms with Gasteiger partial charge in [0.25, 0.3) is 0 Å². The van der Waals surface area contributed by atoms with Crippen LogP contribution in [0.1, 0.15) is 24.0 Å². The van der Waals surface area contributed by atoms with Gasteiger partial charge in [-0.3, -0.25) is 9.69 Å². The zero-order valence-electron chi connectivity index (χ0n) is 18.3. The number of para-hydroxylation sites is 1. The minimum atomic E-state index is 0.0964. The summed E-state index contributed by atoms with van der Waals surface area (Å²) >= 11 is 0. The van der Waals surface area contributed by atoms with E-state index >= 15 is 0 Å². The number of benzene rings is 2. The van der Waals surface area contributed by atoms with E-state index in [0.29, 0.717) is 6.54 Å². The summed E-state index contributed by atoms with van der Waals surface area (Å²) in [6.45, 7) is 3.34. The number of ether oxygens (including phenoxy) is 2. The Morgan fingerprint density at radius 3 is 2.52 bits per heavy atom. The molecule has 0 unspecified atom stereocenters. The van der Waals surface area contributed by atoms with Crippen LogP contribution in [-0.2, 0) is 17.8 Å². The summed E-state index contributed by atoms with van der Waals surface area (Å²) in [6, 6.07) is 14.3. The molecule has 4 rings (SSSR count). The Kier molecular flexibility index (Phi) is 6.77. The first kappa shape index (κ1) is 21.2. The van der Waals surface area contributed by atoms with Gasteiger partial charge in [0, 0.05) is 42.2 Å². The van der Waals surface area contributed by atoms with Crippen LogP contribution in [0.5, 0.6) is 11.5 Å². The largest absolute Gasteiger partial charge is 0.497 e. The Labute approximate surface area is 183 Å². The quantitative estimate of drug-likeness (QED) is 0.581. The van der Waals surface area contributed by atoms with Crippen molar-refractivity contribution in [3.63, 3.8) is 0 Å². The summed E-state index contributed by atoms with van der Waals surface area (Å²) in [4.78, 5) is 18.3. The number of aromatic nitrogens is 1. The number of likely N-dealkylation sites (tertiary alicyclic amines) is 1. The Hall–Kier alpha value is -2.99. The minimum absolute atomic E-state index is 0.0964. The van der Waals surface area contributed by atoms with Crippen molar-refractivity contribution in [3.05, 3.63) is 59.8 Å². The molecule has 6 nitrogen and oxygen atoms in total. The number of hydrogen-bond acceptors (Lipinski definition) is 4. The number of hydrogen-bond donors (Lipinski definition) is 2. The summed E-state index contributed by atoms with van der Waals surface area (Å²) in [5.74, 6) is 1.89. The van der Waals surface area contributed by atoms with Gasteiger partial charge in [-0.15, -0.1) is 0 Å². The van der Waals surface area contributed by atoms with Crippen molar-refractivity contribution in [2.45, 2.75) is 25.8 Å². The monoisotopic (exact) mass is 421 g/mol. The van der Waals surface area contributed by atoms with Crippen molar-refractivity contribution in [2.24, 2.45) is 5.92 Å². The molecule has 1 aliphatic rings. The van der Waals surface area contributed by atoms with Crippen LogP contribution < -0.4 is 14.8 Å². The lowest BCUT2D eigenvalue weighted by Gasteiger charge is -2.31. The first-order valence-corrected chi connectivity index (χ1v) is 10.9. The second-order valence-corrected chi connectivity index (χ2v) is 8.17. The third-order valence-electron chi connectivity index (χ3n) is 6.14. The molecule has 31 heavy (non-hydrogen) atoms. The summed E-state index contributed by atoms with van der Waals surface area (Å²) in [7, 11) is 3.34. The van der Waals surface area contributed by atoms with Crippen molar-refractivity contribution in [1.29, 1.82) is 0 Å². The molecule has 1 saturated heterocycles. The lowest BCUT2D eigenvalue weighted by atomic mass is 9.95. The van der Waals surface area contributed by atoms with Gasteiger partial charge in [0.1, 0.15) is 11.5 Å². The first-order chi connectivity index (χ1) is 15.2. The van der Waals surface area contributed by atoms with Gasteiger partial charge in [-0.2, -0.15) is 0 Å². The van der Waals surface area contributed by atoms with E-state index in [1.54, 1.807) is 14.2 Å². The number of nitrogens with zero attached hydrogens (tertiary/aromatic N) is 1. The van der Waals surface area contributed by atoms with Crippen LogP contribution in [-0.4, -0.2) is 49.6 Å².